The quantitative estimate of drug-likeness (QED) is 0.291. The largest absolute Gasteiger partial charge is 0.457 e. The summed E-state index contributed by atoms with van der Waals surface area (Å²) in [4.78, 5) is 8.14. The van der Waals surface area contributed by atoms with Crippen LogP contribution < -0.4 is 20.8 Å². The van der Waals surface area contributed by atoms with Gasteiger partial charge in [-0.3, -0.25) is 5.32 Å². The van der Waals surface area contributed by atoms with E-state index in [0.717, 1.165) is 45.7 Å². The van der Waals surface area contributed by atoms with Crippen molar-refractivity contribution in [2.24, 2.45) is 4.99 Å². The van der Waals surface area contributed by atoms with Crippen LogP contribution in [0.25, 0.3) is 0 Å². The highest BCUT2D eigenvalue weighted by Gasteiger charge is 2.07. The number of allylic oxidation sites excluding steroid dienone is 4. The molecule has 4 aromatic carbocycles. The van der Waals surface area contributed by atoms with Crippen LogP contribution in [0.1, 0.15) is 5.56 Å². The van der Waals surface area contributed by atoms with E-state index in [1.54, 1.807) is 12.1 Å². The fourth-order valence-electron chi connectivity index (χ4n) is 3.70. The second-order valence-corrected chi connectivity index (χ2v) is 8.58. The summed E-state index contributed by atoms with van der Waals surface area (Å²) in [5, 5.41) is 2.10. The number of aliphatic imine (C=N–C) groups is 1. The number of quaternary nitrogens is 1. The standard InChI is InChI=1S/C31H25N4O/c1-22-2-18-30(19-3-22)36-31-20-16-29(17-21-31)35-28-14-12-27(13-15-28)34-26-10-8-25(9-11-26)33-24-6-4-23(32)5-7-24/h2-21,32-33H,1H3/p+2. The Bertz CT molecular complexity index is 1310. The first-order valence-corrected chi connectivity index (χ1v) is 11.8. The topological polar surface area (TPSA) is 76.0 Å². The zero-order valence-electron chi connectivity index (χ0n) is 20.0. The molecule has 0 saturated carbocycles. The van der Waals surface area contributed by atoms with Gasteiger partial charge >= 0.3 is 0 Å². The zero-order chi connectivity index (χ0) is 24.7. The molecule has 4 N–H and O–H groups in total. The predicted molar refractivity (Wildman–Crippen MR) is 146 cm³/mol. The fourth-order valence-corrected chi connectivity index (χ4v) is 3.70. The van der Waals surface area contributed by atoms with Crippen molar-refractivity contribution < 1.29 is 15.0 Å². The minimum Gasteiger partial charge on any atom is -0.457 e. The Hall–Kier alpha value is -4.74. The first kappa shape index (κ1) is 23.0. The first-order valence-electron chi connectivity index (χ1n) is 11.8. The average molecular weight is 472 g/mol. The molecule has 0 saturated heterocycles. The number of aryl methyl sites for hydroxylation is 1. The Morgan fingerprint density at radius 2 is 1.22 bits per heavy atom. The van der Waals surface area contributed by atoms with Gasteiger partial charge in [-0.15, -0.1) is 0 Å². The molecule has 0 aromatic heterocycles. The summed E-state index contributed by atoms with van der Waals surface area (Å²) in [6, 6.07) is 31.5. The summed E-state index contributed by atoms with van der Waals surface area (Å²) >= 11 is 0. The van der Waals surface area contributed by atoms with Gasteiger partial charge in [0, 0.05) is 48.6 Å². The van der Waals surface area contributed by atoms with Gasteiger partial charge in [-0.05, 0) is 67.6 Å². The van der Waals surface area contributed by atoms with Crippen molar-refractivity contribution in [3.63, 3.8) is 0 Å². The van der Waals surface area contributed by atoms with Gasteiger partial charge in [0.25, 0.3) is 0 Å². The van der Waals surface area contributed by atoms with Gasteiger partial charge in [-0.25, -0.2) is 9.98 Å². The van der Waals surface area contributed by atoms with Crippen LogP contribution in [0.5, 0.6) is 11.5 Å². The number of benzene rings is 4. The molecule has 1 radical (unpaired) electrons. The van der Waals surface area contributed by atoms with Crippen molar-refractivity contribution in [2.45, 2.75) is 6.92 Å². The summed E-state index contributed by atoms with van der Waals surface area (Å²) in [5.41, 5.74) is 15.3. The minimum absolute atomic E-state index is 0.520. The van der Waals surface area contributed by atoms with Crippen LogP contribution in [0.15, 0.2) is 126 Å². The van der Waals surface area contributed by atoms with E-state index in [1.165, 1.54) is 5.56 Å². The number of nitrogens with one attached hydrogen (secondary N) is 2. The molecule has 0 atom stereocenters. The van der Waals surface area contributed by atoms with Gasteiger partial charge in [-0.1, -0.05) is 17.7 Å². The van der Waals surface area contributed by atoms with Crippen LogP contribution in [0.3, 0.4) is 0 Å². The van der Waals surface area contributed by atoms with E-state index >= 15 is 0 Å². The van der Waals surface area contributed by atoms with Gasteiger partial charge in [0.2, 0.25) is 11.4 Å². The van der Waals surface area contributed by atoms with Gasteiger partial charge in [0.15, 0.2) is 0 Å². The van der Waals surface area contributed by atoms with Crippen molar-refractivity contribution in [2.75, 3.05) is 0 Å². The molecule has 1 aliphatic carbocycles. The van der Waals surface area contributed by atoms with Crippen molar-refractivity contribution in [3.05, 3.63) is 127 Å². The molecular weight excluding hydrogens is 444 g/mol. The van der Waals surface area contributed by atoms with Crippen molar-refractivity contribution >= 4 is 39.9 Å². The Labute approximate surface area is 211 Å². The molecule has 0 heterocycles. The third-order valence-corrected chi connectivity index (χ3v) is 5.66. The SMILES string of the molecule is Cc1ccc(Oc2ccc(N=C3C=CC(=[NH+]c4ccc([NH2+]c5ccc([NH])cc5)cc4)C=C3)cc2)cc1. The van der Waals surface area contributed by atoms with Gasteiger partial charge < -0.3 is 10.5 Å². The summed E-state index contributed by atoms with van der Waals surface area (Å²) < 4.78 is 5.89. The highest BCUT2D eigenvalue weighted by molar-refractivity contribution is 6.17. The lowest BCUT2D eigenvalue weighted by Gasteiger charge is -2.06. The van der Waals surface area contributed by atoms with Crippen LogP contribution in [0.2, 0.25) is 0 Å². The Balaban J connectivity index is 1.19. The van der Waals surface area contributed by atoms with Crippen molar-refractivity contribution in [1.29, 1.82) is 0 Å². The number of nitrogens with zero attached hydrogens (tertiary/aromatic N) is 1. The molecule has 5 heteroatoms. The maximum absolute atomic E-state index is 7.59. The van der Waals surface area contributed by atoms with Crippen molar-refractivity contribution in [1.82, 2.24) is 5.73 Å². The lowest BCUT2D eigenvalue weighted by Crippen LogP contribution is -2.71. The van der Waals surface area contributed by atoms with E-state index in [9.17, 15) is 0 Å². The number of ether oxygens (including phenoxy) is 1. The van der Waals surface area contributed by atoms with E-state index in [0.29, 0.717) is 5.69 Å². The Morgan fingerprint density at radius 3 is 1.83 bits per heavy atom. The van der Waals surface area contributed by atoms with Crippen LogP contribution in [0, 0.1) is 6.92 Å². The van der Waals surface area contributed by atoms with E-state index in [4.69, 9.17) is 15.5 Å². The predicted octanol–water partition coefficient (Wildman–Crippen LogP) is 5.28. The first-order chi connectivity index (χ1) is 17.6. The fraction of sp³-hybridized carbons (Fsp3) is 0.0323. The summed E-state index contributed by atoms with van der Waals surface area (Å²) in [6.07, 6.45) is 8.04. The number of hydrogen-bond donors (Lipinski definition) is 2. The van der Waals surface area contributed by atoms with E-state index in [1.807, 2.05) is 85.0 Å². The van der Waals surface area contributed by atoms with Crippen molar-refractivity contribution in [3.8, 4) is 11.5 Å². The van der Waals surface area contributed by atoms with Gasteiger partial charge in [0.1, 0.15) is 22.9 Å². The molecule has 0 aliphatic heterocycles. The lowest BCUT2D eigenvalue weighted by molar-refractivity contribution is -0.478. The summed E-state index contributed by atoms with van der Waals surface area (Å²) in [7, 11) is 0. The molecule has 4 aromatic rings. The van der Waals surface area contributed by atoms with E-state index < -0.39 is 0 Å². The molecule has 0 fully saturated rings. The molecule has 0 spiro atoms. The monoisotopic (exact) mass is 471 g/mol. The summed E-state index contributed by atoms with van der Waals surface area (Å²) in [5.74, 6) is 1.60. The third kappa shape index (κ3) is 6.23. The van der Waals surface area contributed by atoms with Crippen LogP contribution in [-0.2, 0) is 0 Å². The normalized spacial score (nSPS) is 12.5. The van der Waals surface area contributed by atoms with E-state index in [2.05, 4.69) is 41.5 Å². The number of rotatable bonds is 6. The molecular formula is C31H27N4O+2. The highest BCUT2D eigenvalue weighted by Crippen LogP contribution is 2.24. The smallest absolute Gasteiger partial charge is 0.204 e. The highest BCUT2D eigenvalue weighted by atomic mass is 16.5. The maximum atomic E-state index is 7.59. The van der Waals surface area contributed by atoms with E-state index in [-0.39, 0.29) is 0 Å². The molecule has 5 nitrogen and oxygen atoms in total. The number of nitrogens with two attached hydrogens (primary N) is 1. The van der Waals surface area contributed by atoms with Crippen LogP contribution in [0.4, 0.5) is 28.4 Å². The molecule has 175 valence electrons. The Morgan fingerprint density at radius 1 is 0.667 bits per heavy atom. The molecule has 36 heavy (non-hydrogen) atoms. The third-order valence-electron chi connectivity index (χ3n) is 5.66. The summed E-state index contributed by atoms with van der Waals surface area (Å²) in [6.45, 7) is 2.06. The van der Waals surface area contributed by atoms with Gasteiger partial charge in [0.05, 0.1) is 17.1 Å². The van der Waals surface area contributed by atoms with Crippen LogP contribution >= 0.6 is 0 Å². The van der Waals surface area contributed by atoms with Gasteiger partial charge in [-0.2, -0.15) is 0 Å². The number of hydrogen-bond acceptors (Lipinski definition) is 2. The molecule has 1 aliphatic rings. The maximum Gasteiger partial charge on any atom is 0.204 e. The zero-order valence-corrected chi connectivity index (χ0v) is 20.0. The molecule has 0 amide bonds. The molecule has 0 bridgehead atoms. The lowest BCUT2D eigenvalue weighted by atomic mass is 10.1. The average Bonchev–Trinajstić information content (AvgIpc) is 2.90. The molecule has 5 rings (SSSR count). The second-order valence-electron chi connectivity index (χ2n) is 8.58. The molecule has 0 unspecified atom stereocenters. The van der Waals surface area contributed by atoms with Crippen LogP contribution in [-0.4, -0.2) is 11.4 Å². The second kappa shape index (κ2) is 10.7. The Kier molecular flexibility index (Phi) is 6.83. The minimum atomic E-state index is 0.520.